The van der Waals surface area contributed by atoms with Crippen molar-refractivity contribution in [1.82, 2.24) is 0 Å². The molecule has 0 saturated carbocycles. The summed E-state index contributed by atoms with van der Waals surface area (Å²) in [5, 5.41) is 8.34. The van der Waals surface area contributed by atoms with Crippen LogP contribution in [0.3, 0.4) is 0 Å². The Labute approximate surface area is 80.9 Å². The fourth-order valence-electron chi connectivity index (χ4n) is 0.981. The smallest absolute Gasteiger partial charge is 0.328 e. The van der Waals surface area contributed by atoms with Crippen molar-refractivity contribution in [2.24, 2.45) is 9.98 Å². The van der Waals surface area contributed by atoms with Gasteiger partial charge in [-0.25, -0.2) is 9.79 Å². The third kappa shape index (κ3) is 2.62. The van der Waals surface area contributed by atoms with E-state index in [0.29, 0.717) is 12.3 Å². The molecule has 0 radical (unpaired) electrons. The number of carbonyl (C=O) groups excluding carboxylic acids is 1. The Bertz CT molecular complexity index is 353. The van der Waals surface area contributed by atoms with Gasteiger partial charge in [-0.2, -0.15) is 4.99 Å². The summed E-state index contributed by atoms with van der Waals surface area (Å²) in [5.74, 6) is -1.10. The molecular formula is C9H10N2O3. The molecule has 0 atom stereocenters. The zero-order valence-electron chi connectivity index (χ0n) is 7.73. The van der Waals surface area contributed by atoms with Gasteiger partial charge >= 0.3 is 5.97 Å². The van der Waals surface area contributed by atoms with E-state index < -0.39 is 11.9 Å². The Balaban J connectivity index is 2.71. The molecule has 0 aliphatic carbocycles. The molecule has 1 aliphatic rings. The summed E-state index contributed by atoms with van der Waals surface area (Å²) < 4.78 is 0. The van der Waals surface area contributed by atoms with Crippen molar-refractivity contribution in [2.45, 2.75) is 19.8 Å². The molecule has 1 amide bonds. The van der Waals surface area contributed by atoms with Gasteiger partial charge < -0.3 is 5.11 Å². The van der Waals surface area contributed by atoms with Crippen LogP contribution in [0.1, 0.15) is 19.8 Å². The van der Waals surface area contributed by atoms with Crippen molar-refractivity contribution in [3.8, 4) is 0 Å². The maximum atomic E-state index is 11.1. The lowest BCUT2D eigenvalue weighted by Gasteiger charge is -1.87. The molecule has 0 aromatic heterocycles. The molecule has 0 aromatic rings. The van der Waals surface area contributed by atoms with Crippen molar-refractivity contribution in [1.29, 1.82) is 0 Å². The van der Waals surface area contributed by atoms with E-state index in [0.717, 1.165) is 18.6 Å². The molecule has 74 valence electrons. The van der Waals surface area contributed by atoms with Crippen LogP contribution < -0.4 is 0 Å². The van der Waals surface area contributed by atoms with Crippen molar-refractivity contribution >= 4 is 23.4 Å². The lowest BCUT2D eigenvalue weighted by atomic mass is 10.3. The van der Waals surface area contributed by atoms with Crippen LogP contribution in [-0.2, 0) is 9.59 Å². The molecule has 5 nitrogen and oxygen atoms in total. The fourth-order valence-corrected chi connectivity index (χ4v) is 0.981. The second-order valence-corrected chi connectivity index (χ2v) is 2.75. The topological polar surface area (TPSA) is 79.1 Å². The molecule has 0 spiro atoms. The molecule has 14 heavy (non-hydrogen) atoms. The Morgan fingerprint density at radius 1 is 1.50 bits per heavy atom. The van der Waals surface area contributed by atoms with Crippen LogP contribution in [0.2, 0.25) is 0 Å². The minimum atomic E-state index is -1.11. The van der Waals surface area contributed by atoms with Crippen LogP contribution >= 0.6 is 0 Å². The second kappa shape index (κ2) is 4.45. The van der Waals surface area contributed by atoms with Gasteiger partial charge in [-0.3, -0.25) is 4.79 Å². The summed E-state index contributed by atoms with van der Waals surface area (Å²) in [4.78, 5) is 28.9. The van der Waals surface area contributed by atoms with Gasteiger partial charge in [0.05, 0.1) is 0 Å². The minimum absolute atomic E-state index is 0.0934. The van der Waals surface area contributed by atoms with E-state index in [4.69, 9.17) is 5.11 Å². The summed E-state index contributed by atoms with van der Waals surface area (Å²) in [7, 11) is 0. The van der Waals surface area contributed by atoms with Crippen molar-refractivity contribution < 1.29 is 14.7 Å². The second-order valence-electron chi connectivity index (χ2n) is 2.75. The van der Waals surface area contributed by atoms with E-state index in [1.165, 1.54) is 0 Å². The van der Waals surface area contributed by atoms with E-state index in [-0.39, 0.29) is 5.71 Å². The quantitative estimate of drug-likeness (QED) is 0.672. The van der Waals surface area contributed by atoms with Gasteiger partial charge in [0, 0.05) is 12.5 Å². The van der Waals surface area contributed by atoms with Gasteiger partial charge in [0.1, 0.15) is 11.5 Å². The van der Waals surface area contributed by atoms with Gasteiger partial charge in [-0.1, -0.05) is 6.92 Å². The number of carbonyl (C=O) groups is 2. The van der Waals surface area contributed by atoms with Crippen LogP contribution in [0.5, 0.6) is 0 Å². The standard InChI is InChI=1S/C9H10N2O3/c1-2-3-7-10-6(9(14)11-7)4-5-8(12)13/h4-5H,2-3H2,1H3,(H,12,13). The maximum Gasteiger partial charge on any atom is 0.328 e. The summed E-state index contributed by atoms with van der Waals surface area (Å²) in [6, 6.07) is 0. The number of amidine groups is 1. The summed E-state index contributed by atoms with van der Waals surface area (Å²) in [6.45, 7) is 1.95. The van der Waals surface area contributed by atoms with Crippen LogP contribution in [-0.4, -0.2) is 28.5 Å². The van der Waals surface area contributed by atoms with E-state index in [1.807, 2.05) is 6.92 Å². The number of hydrogen-bond acceptors (Lipinski definition) is 3. The summed E-state index contributed by atoms with van der Waals surface area (Å²) >= 11 is 0. The predicted octanol–water partition coefficient (Wildman–Crippen LogP) is 0.807. The first-order valence-electron chi connectivity index (χ1n) is 4.25. The van der Waals surface area contributed by atoms with E-state index in [2.05, 4.69) is 9.98 Å². The minimum Gasteiger partial charge on any atom is -0.478 e. The predicted molar refractivity (Wildman–Crippen MR) is 51.6 cm³/mol. The van der Waals surface area contributed by atoms with Gasteiger partial charge in [-0.15, -0.1) is 0 Å². The van der Waals surface area contributed by atoms with Crippen LogP contribution in [0, 0.1) is 0 Å². The third-order valence-electron chi connectivity index (χ3n) is 1.56. The highest BCUT2D eigenvalue weighted by molar-refractivity contribution is 6.49. The molecule has 5 heteroatoms. The number of hydrogen-bond donors (Lipinski definition) is 1. The molecule has 1 aliphatic heterocycles. The Kier molecular flexibility index (Phi) is 3.28. The molecule has 1 rings (SSSR count). The number of aliphatic carboxylic acids is 1. The molecule has 1 heterocycles. The number of carboxylic acid groups (broad SMARTS) is 1. The molecule has 0 aromatic carbocycles. The van der Waals surface area contributed by atoms with Crippen LogP contribution in [0.25, 0.3) is 0 Å². The van der Waals surface area contributed by atoms with Crippen LogP contribution in [0.15, 0.2) is 22.1 Å². The highest BCUT2D eigenvalue weighted by atomic mass is 16.4. The number of amides is 1. The van der Waals surface area contributed by atoms with Crippen molar-refractivity contribution in [3.63, 3.8) is 0 Å². The number of rotatable bonds is 4. The molecule has 0 fully saturated rings. The van der Waals surface area contributed by atoms with Gasteiger partial charge in [0.2, 0.25) is 0 Å². The summed E-state index contributed by atoms with van der Waals surface area (Å²) in [5.41, 5.74) is 0.0934. The van der Waals surface area contributed by atoms with E-state index in [1.54, 1.807) is 0 Å². The lowest BCUT2D eigenvalue weighted by Crippen LogP contribution is -2.04. The average Bonchev–Trinajstić information content (AvgIpc) is 2.44. The highest BCUT2D eigenvalue weighted by Gasteiger charge is 2.16. The molecule has 1 N–H and O–H groups in total. The lowest BCUT2D eigenvalue weighted by molar-refractivity contribution is -0.131. The first kappa shape index (κ1) is 10.3. The normalized spacial score (nSPS) is 15.9. The Hall–Kier alpha value is -1.78. The molecule has 0 saturated heterocycles. The van der Waals surface area contributed by atoms with Gasteiger partial charge in [-0.05, 0) is 12.5 Å². The zero-order chi connectivity index (χ0) is 10.6. The molecule has 0 bridgehead atoms. The first-order chi connectivity index (χ1) is 6.63. The van der Waals surface area contributed by atoms with E-state index in [9.17, 15) is 9.59 Å². The fraction of sp³-hybridized carbons (Fsp3) is 0.333. The largest absolute Gasteiger partial charge is 0.478 e. The third-order valence-corrected chi connectivity index (χ3v) is 1.56. The Morgan fingerprint density at radius 3 is 2.79 bits per heavy atom. The number of carboxylic acids is 1. The Morgan fingerprint density at radius 2 is 2.21 bits per heavy atom. The average molecular weight is 194 g/mol. The molecular weight excluding hydrogens is 184 g/mol. The number of nitrogens with zero attached hydrogens (tertiary/aromatic N) is 2. The maximum absolute atomic E-state index is 11.1. The highest BCUT2D eigenvalue weighted by Crippen LogP contribution is 2.04. The summed E-state index contributed by atoms with van der Waals surface area (Å²) in [6.07, 6.45) is 3.53. The zero-order valence-corrected chi connectivity index (χ0v) is 7.73. The monoisotopic (exact) mass is 194 g/mol. The van der Waals surface area contributed by atoms with Crippen LogP contribution in [0.4, 0.5) is 0 Å². The van der Waals surface area contributed by atoms with Crippen molar-refractivity contribution in [2.75, 3.05) is 0 Å². The number of aliphatic imine (C=N–C) groups is 2. The van der Waals surface area contributed by atoms with Crippen molar-refractivity contribution in [3.05, 3.63) is 12.2 Å². The molecule has 0 unspecified atom stereocenters. The van der Waals surface area contributed by atoms with Gasteiger partial charge in [0.25, 0.3) is 5.91 Å². The SMILES string of the molecule is CCCC1=NC(=O)C(C=CC(=O)O)=N1. The van der Waals surface area contributed by atoms with Gasteiger partial charge in [0.15, 0.2) is 0 Å². The van der Waals surface area contributed by atoms with E-state index >= 15 is 0 Å². The first-order valence-corrected chi connectivity index (χ1v) is 4.25.